The highest BCUT2D eigenvalue weighted by atomic mass is 32.1. The monoisotopic (exact) mass is 485 g/mol. The second-order valence-corrected chi connectivity index (χ2v) is 10.6. The number of ether oxygens (including phenoxy) is 1. The van der Waals surface area contributed by atoms with Crippen LogP contribution in [0.5, 0.6) is 0 Å². The van der Waals surface area contributed by atoms with Crippen molar-refractivity contribution in [2.24, 2.45) is 0 Å². The first-order valence-electron chi connectivity index (χ1n) is 9.37. The number of para-hydroxylation sites is 1. The van der Waals surface area contributed by atoms with E-state index in [9.17, 15) is 9.59 Å². The first kappa shape index (κ1) is 20.3. The average molecular weight is 486 g/mol. The van der Waals surface area contributed by atoms with Gasteiger partial charge in [0.15, 0.2) is 5.13 Å². The van der Waals surface area contributed by atoms with E-state index < -0.39 is 0 Å². The van der Waals surface area contributed by atoms with E-state index in [1.807, 2.05) is 37.3 Å². The van der Waals surface area contributed by atoms with Crippen LogP contribution in [0.25, 0.3) is 29.6 Å². The van der Waals surface area contributed by atoms with Crippen LogP contribution in [0.2, 0.25) is 0 Å². The molecule has 4 heterocycles. The maximum atomic E-state index is 12.8. The van der Waals surface area contributed by atoms with E-state index >= 15 is 0 Å². The molecule has 5 rings (SSSR count). The van der Waals surface area contributed by atoms with Crippen LogP contribution in [-0.2, 0) is 4.74 Å². The SMILES string of the molecule is CCOC(=O)c1sc2nc(NC(=O)c3ccc(-c4nc5ccccc5s4)s3)sc2c1C. The van der Waals surface area contributed by atoms with Gasteiger partial charge in [0.05, 0.1) is 31.3 Å². The van der Waals surface area contributed by atoms with Gasteiger partial charge in [0.25, 0.3) is 5.91 Å². The van der Waals surface area contributed by atoms with Gasteiger partial charge in [-0.3, -0.25) is 10.1 Å². The molecule has 1 aromatic carbocycles. The number of hydrogen-bond acceptors (Lipinski definition) is 9. The Hall–Kier alpha value is -2.66. The lowest BCUT2D eigenvalue weighted by Gasteiger charge is -2.00. The summed E-state index contributed by atoms with van der Waals surface area (Å²) < 4.78 is 7.11. The fourth-order valence-electron chi connectivity index (χ4n) is 3.04. The summed E-state index contributed by atoms with van der Waals surface area (Å²) in [5.41, 5.74) is 1.80. The molecule has 1 N–H and O–H groups in total. The number of carbonyl (C=O) groups excluding carboxylic acids is 2. The van der Waals surface area contributed by atoms with Crippen molar-refractivity contribution in [3.05, 3.63) is 51.7 Å². The molecule has 0 bridgehead atoms. The highest BCUT2D eigenvalue weighted by Crippen LogP contribution is 2.38. The molecule has 10 heteroatoms. The number of thiazole rings is 2. The van der Waals surface area contributed by atoms with Crippen molar-refractivity contribution in [1.29, 1.82) is 0 Å². The van der Waals surface area contributed by atoms with Crippen LogP contribution in [0.4, 0.5) is 5.13 Å². The van der Waals surface area contributed by atoms with Gasteiger partial charge in [-0.15, -0.1) is 34.0 Å². The summed E-state index contributed by atoms with van der Waals surface area (Å²) in [6, 6.07) is 11.7. The third-order valence-corrected chi connectivity index (χ3v) is 9.17. The van der Waals surface area contributed by atoms with Crippen LogP contribution < -0.4 is 5.32 Å². The number of amides is 1. The maximum Gasteiger partial charge on any atom is 0.348 e. The molecule has 0 saturated carbocycles. The summed E-state index contributed by atoms with van der Waals surface area (Å²) in [5, 5.41) is 4.30. The molecule has 0 saturated heterocycles. The Morgan fingerprint density at radius 1 is 1.03 bits per heavy atom. The third-order valence-electron chi connectivity index (χ3n) is 4.49. The summed E-state index contributed by atoms with van der Waals surface area (Å²) in [6.07, 6.45) is 0. The lowest BCUT2D eigenvalue weighted by Crippen LogP contribution is -2.09. The largest absolute Gasteiger partial charge is 0.462 e. The summed E-state index contributed by atoms with van der Waals surface area (Å²) in [7, 11) is 0. The molecule has 1 amide bonds. The lowest BCUT2D eigenvalue weighted by atomic mass is 10.3. The molecule has 0 fully saturated rings. The highest BCUT2D eigenvalue weighted by molar-refractivity contribution is 7.30. The van der Waals surface area contributed by atoms with E-state index in [4.69, 9.17) is 4.74 Å². The number of benzene rings is 1. The predicted octanol–water partition coefficient (Wildman–Crippen LogP) is 6.43. The minimum absolute atomic E-state index is 0.206. The van der Waals surface area contributed by atoms with E-state index in [-0.39, 0.29) is 11.9 Å². The molecule has 0 aliphatic heterocycles. The lowest BCUT2D eigenvalue weighted by molar-refractivity contribution is 0.0531. The van der Waals surface area contributed by atoms with Crippen LogP contribution in [-0.4, -0.2) is 28.5 Å². The van der Waals surface area contributed by atoms with Gasteiger partial charge in [0, 0.05) is 0 Å². The number of esters is 1. The predicted molar refractivity (Wildman–Crippen MR) is 129 cm³/mol. The summed E-state index contributed by atoms with van der Waals surface area (Å²) in [4.78, 5) is 36.8. The number of carbonyl (C=O) groups is 2. The molecule has 0 spiro atoms. The third kappa shape index (κ3) is 3.76. The minimum Gasteiger partial charge on any atom is -0.462 e. The van der Waals surface area contributed by atoms with Crippen LogP contribution in [0.1, 0.15) is 31.8 Å². The number of thiophene rings is 2. The molecular formula is C21H15N3O3S4. The fourth-order valence-corrected chi connectivity index (χ4v) is 7.17. The Kier molecular flexibility index (Phi) is 5.30. The number of aryl methyl sites for hydroxylation is 1. The molecule has 6 nitrogen and oxygen atoms in total. The van der Waals surface area contributed by atoms with Gasteiger partial charge < -0.3 is 4.74 Å². The van der Waals surface area contributed by atoms with Gasteiger partial charge >= 0.3 is 5.97 Å². The molecule has 4 aromatic heterocycles. The Balaban J connectivity index is 1.35. The van der Waals surface area contributed by atoms with Gasteiger partial charge in [-0.25, -0.2) is 14.8 Å². The fraction of sp³-hybridized carbons (Fsp3) is 0.143. The zero-order valence-electron chi connectivity index (χ0n) is 16.4. The second kappa shape index (κ2) is 8.12. The van der Waals surface area contributed by atoms with Crippen molar-refractivity contribution in [1.82, 2.24) is 9.97 Å². The van der Waals surface area contributed by atoms with Crippen molar-refractivity contribution < 1.29 is 14.3 Å². The second-order valence-electron chi connectivity index (χ2n) is 6.53. The number of nitrogens with zero attached hydrogens (tertiary/aromatic N) is 2. The van der Waals surface area contributed by atoms with Crippen LogP contribution >= 0.6 is 45.3 Å². The Morgan fingerprint density at radius 3 is 2.65 bits per heavy atom. The number of anilines is 1. The number of nitrogens with one attached hydrogen (secondary N) is 1. The summed E-state index contributed by atoms with van der Waals surface area (Å²) >= 11 is 5.67. The maximum absolute atomic E-state index is 12.8. The quantitative estimate of drug-likeness (QED) is 0.290. The van der Waals surface area contributed by atoms with Gasteiger partial charge in [-0.1, -0.05) is 23.5 Å². The van der Waals surface area contributed by atoms with Crippen LogP contribution in [0.15, 0.2) is 36.4 Å². The molecule has 5 aromatic rings. The number of aromatic nitrogens is 2. The van der Waals surface area contributed by atoms with E-state index in [1.165, 1.54) is 34.0 Å². The molecule has 0 atom stereocenters. The first-order valence-corrected chi connectivity index (χ1v) is 12.6. The Labute approximate surface area is 193 Å². The smallest absolute Gasteiger partial charge is 0.348 e. The molecule has 31 heavy (non-hydrogen) atoms. The zero-order valence-corrected chi connectivity index (χ0v) is 19.7. The average Bonchev–Trinajstić information content (AvgIpc) is 3.51. The Morgan fingerprint density at radius 2 is 1.87 bits per heavy atom. The number of rotatable bonds is 5. The number of hydrogen-bond donors (Lipinski definition) is 1. The molecule has 0 aliphatic rings. The van der Waals surface area contributed by atoms with Crippen LogP contribution in [0.3, 0.4) is 0 Å². The molecule has 156 valence electrons. The standard InChI is InChI=1S/C21H15N3O3S4/c1-3-27-20(26)16-10(2)15-19(30-16)24-21(31-15)23-17(25)13-8-9-14(28-13)18-22-11-6-4-5-7-12(11)29-18/h4-9H,3H2,1-2H3,(H,23,24,25). The van der Waals surface area contributed by atoms with Gasteiger partial charge in [-0.2, -0.15) is 0 Å². The summed E-state index contributed by atoms with van der Waals surface area (Å²) in [5.74, 6) is -0.538. The van der Waals surface area contributed by atoms with Gasteiger partial charge in [0.2, 0.25) is 0 Å². The van der Waals surface area contributed by atoms with Crippen molar-refractivity contribution in [2.75, 3.05) is 11.9 Å². The van der Waals surface area contributed by atoms with Gasteiger partial charge in [0.1, 0.15) is 14.7 Å². The highest BCUT2D eigenvalue weighted by Gasteiger charge is 2.21. The normalized spacial score (nSPS) is 11.3. The van der Waals surface area contributed by atoms with E-state index in [0.717, 1.165) is 35.2 Å². The van der Waals surface area contributed by atoms with E-state index in [1.54, 1.807) is 24.3 Å². The van der Waals surface area contributed by atoms with Crippen LogP contribution in [0, 0.1) is 6.92 Å². The van der Waals surface area contributed by atoms with E-state index in [0.29, 0.717) is 21.5 Å². The van der Waals surface area contributed by atoms with Crippen molar-refractivity contribution in [3.63, 3.8) is 0 Å². The molecular weight excluding hydrogens is 471 g/mol. The zero-order chi connectivity index (χ0) is 21.5. The van der Waals surface area contributed by atoms with Crippen molar-refractivity contribution in [2.45, 2.75) is 13.8 Å². The van der Waals surface area contributed by atoms with E-state index in [2.05, 4.69) is 15.3 Å². The first-order chi connectivity index (χ1) is 15.0. The minimum atomic E-state index is -0.332. The molecule has 0 unspecified atom stereocenters. The topological polar surface area (TPSA) is 81.2 Å². The van der Waals surface area contributed by atoms with Crippen molar-refractivity contribution in [3.8, 4) is 9.88 Å². The number of fused-ring (bicyclic) bond motifs is 2. The van der Waals surface area contributed by atoms with Gasteiger partial charge in [-0.05, 0) is 43.7 Å². The van der Waals surface area contributed by atoms with Crippen molar-refractivity contribution >= 4 is 82.1 Å². The molecule has 0 aliphatic carbocycles. The summed E-state index contributed by atoms with van der Waals surface area (Å²) in [6.45, 7) is 3.98. The Bertz CT molecular complexity index is 1410. The molecule has 0 radical (unpaired) electrons.